The average molecular weight is 994 g/mol. The fraction of sp³-hybridized carbons (Fsp3) is 0.610. The first-order valence-corrected chi connectivity index (χ1v) is 27.6. The molecule has 2 heterocycles. The molecule has 7 atom stereocenters. The first-order chi connectivity index (χ1) is 35.3. The Hall–Kier alpha value is -4.95. The SMILES string of the molecule is C=CCO[C@@]12Oc3ccc(OC(=O)NCC)cc3[C@H]3[C@H](CCCCO)[C@@H](CCCCO)C=C(C(=NOC4CCCCO4)C[C@@H]1N(Cc1cccc4ccccc14)C(=O)OCCCCCCCCCCCC)[C@H]32. The van der Waals surface area contributed by atoms with Gasteiger partial charge in [-0.1, -0.05) is 137 Å². The molecular formula is C59H83N3O10. The van der Waals surface area contributed by atoms with E-state index in [1.54, 1.807) is 12.1 Å². The Bertz CT molecular complexity index is 2240. The molecule has 13 nitrogen and oxygen atoms in total. The third-order valence-corrected chi connectivity index (χ3v) is 15.1. The molecule has 0 radical (unpaired) electrons. The Balaban J connectivity index is 1.36. The number of nitrogens with zero attached hydrogens (tertiary/aromatic N) is 2. The first-order valence-electron chi connectivity index (χ1n) is 27.6. The predicted octanol–water partition coefficient (Wildman–Crippen LogP) is 12.7. The van der Waals surface area contributed by atoms with Crippen molar-refractivity contribution in [3.63, 3.8) is 0 Å². The fourth-order valence-electron chi connectivity index (χ4n) is 11.7. The van der Waals surface area contributed by atoms with Crippen LogP contribution in [0.15, 0.2) is 90.1 Å². The lowest BCUT2D eigenvalue weighted by atomic mass is 9.55. The summed E-state index contributed by atoms with van der Waals surface area (Å²) in [5, 5.41) is 30.0. The number of nitrogens with one attached hydrogen (secondary N) is 1. The van der Waals surface area contributed by atoms with Crippen molar-refractivity contribution in [3.8, 4) is 11.5 Å². The summed E-state index contributed by atoms with van der Waals surface area (Å²) in [5.41, 5.74) is 3.39. The van der Waals surface area contributed by atoms with Crippen molar-refractivity contribution in [1.82, 2.24) is 10.2 Å². The van der Waals surface area contributed by atoms with Gasteiger partial charge >= 0.3 is 12.2 Å². The number of allylic oxidation sites excluding steroid dienone is 1. The zero-order chi connectivity index (χ0) is 50.5. The number of carbonyl (C=O) groups is 2. The van der Waals surface area contributed by atoms with Crippen LogP contribution in [0.25, 0.3) is 10.8 Å². The number of aliphatic hydroxyl groups excluding tert-OH is 2. The van der Waals surface area contributed by atoms with E-state index >= 15 is 4.79 Å². The van der Waals surface area contributed by atoms with Gasteiger partial charge in [0, 0.05) is 44.1 Å². The van der Waals surface area contributed by atoms with E-state index in [1.807, 2.05) is 42.2 Å². The Morgan fingerprint density at radius 3 is 2.38 bits per heavy atom. The molecule has 3 N–H and O–H groups in total. The highest BCUT2D eigenvalue weighted by Gasteiger charge is 2.66. The molecule has 2 aliphatic carbocycles. The Morgan fingerprint density at radius 1 is 0.889 bits per heavy atom. The van der Waals surface area contributed by atoms with E-state index in [9.17, 15) is 15.0 Å². The van der Waals surface area contributed by atoms with Gasteiger partial charge in [0.05, 0.1) is 38.0 Å². The highest BCUT2D eigenvalue weighted by molar-refractivity contribution is 6.03. The van der Waals surface area contributed by atoms with Crippen molar-refractivity contribution in [2.75, 3.05) is 39.6 Å². The maximum Gasteiger partial charge on any atom is 0.412 e. The van der Waals surface area contributed by atoms with E-state index in [0.29, 0.717) is 49.6 Å². The molecular weight excluding hydrogens is 911 g/mol. The number of hydrogen-bond acceptors (Lipinski definition) is 11. The monoisotopic (exact) mass is 994 g/mol. The summed E-state index contributed by atoms with van der Waals surface area (Å²) in [6.45, 7) is 9.93. The zero-order valence-corrected chi connectivity index (χ0v) is 43.2. The van der Waals surface area contributed by atoms with Crippen molar-refractivity contribution in [2.24, 2.45) is 22.9 Å². The molecule has 394 valence electrons. The summed E-state index contributed by atoms with van der Waals surface area (Å²) in [4.78, 5) is 36.5. The van der Waals surface area contributed by atoms with E-state index in [4.69, 9.17) is 33.7 Å². The van der Waals surface area contributed by atoms with Gasteiger partial charge in [-0.05, 0) is 104 Å². The lowest BCUT2D eigenvalue weighted by Crippen LogP contribution is -2.70. The maximum atomic E-state index is 15.3. The quantitative estimate of drug-likeness (QED) is 0.0347. The van der Waals surface area contributed by atoms with E-state index in [1.165, 1.54) is 44.9 Å². The number of amides is 2. The van der Waals surface area contributed by atoms with Gasteiger partial charge in [0.15, 0.2) is 0 Å². The summed E-state index contributed by atoms with van der Waals surface area (Å²) >= 11 is 0. The highest BCUT2D eigenvalue weighted by Crippen LogP contribution is 2.62. The van der Waals surface area contributed by atoms with Crippen LogP contribution in [0.4, 0.5) is 9.59 Å². The molecule has 7 rings (SSSR count). The van der Waals surface area contributed by atoms with Gasteiger partial charge in [-0.15, -0.1) is 6.58 Å². The van der Waals surface area contributed by atoms with Crippen molar-refractivity contribution >= 4 is 28.7 Å². The number of unbranched alkanes of at least 4 members (excludes halogenated alkanes) is 11. The third kappa shape index (κ3) is 14.0. The average Bonchev–Trinajstić information content (AvgIpc) is 3.39. The summed E-state index contributed by atoms with van der Waals surface area (Å²) in [5.74, 6) is -1.44. The third-order valence-electron chi connectivity index (χ3n) is 15.1. The number of rotatable bonds is 29. The molecule has 1 unspecified atom stereocenters. The standard InChI is InChI=1S/C59H83N3O10/c1-4-7-8-9-10-11-12-13-14-22-38-68-58(66)62(42-45-28-24-27-43-25-15-16-29-47(43)45)53-41-51(61-72-54-31-19-23-37-67-54)49-39-44(26-17-20-34-63)48(30-18-21-35-64)55-50-40-46(70-57(65)60-6-3)32-33-52(50)71-59(53,56(49)55)69-36-5-2/h5,15-16,24-25,27-29,32-33,39-40,44,48,53-56,63-64H,2,4,6-14,17-23,26,30-31,34-38,41-42H2,1,3H3,(H,60,65)/t44-,48+,53-,54?,55+,56+,59+/m0/s1. The number of benzene rings is 3. The summed E-state index contributed by atoms with van der Waals surface area (Å²) < 4.78 is 33.1. The Kier molecular flexibility index (Phi) is 21.7. The van der Waals surface area contributed by atoms with Gasteiger partial charge in [-0.25, -0.2) is 9.59 Å². The van der Waals surface area contributed by atoms with Gasteiger partial charge in [0.1, 0.15) is 17.5 Å². The topological polar surface area (TPSA) is 158 Å². The molecule has 3 aromatic rings. The van der Waals surface area contributed by atoms with Crippen molar-refractivity contribution in [2.45, 2.75) is 173 Å². The molecule has 2 amide bonds. The Morgan fingerprint density at radius 2 is 1.64 bits per heavy atom. The van der Waals surface area contributed by atoms with Crippen LogP contribution in [-0.4, -0.2) is 90.7 Å². The molecule has 0 aromatic heterocycles. The molecule has 13 heteroatoms. The molecule has 0 bridgehead atoms. The van der Waals surface area contributed by atoms with E-state index in [0.717, 1.165) is 85.3 Å². The number of ether oxygens (including phenoxy) is 5. The minimum Gasteiger partial charge on any atom is -0.459 e. The second-order valence-electron chi connectivity index (χ2n) is 20.2. The molecule has 3 aromatic carbocycles. The van der Waals surface area contributed by atoms with E-state index < -0.39 is 36.2 Å². The number of oxime groups is 1. The van der Waals surface area contributed by atoms with Crippen molar-refractivity contribution < 1.29 is 48.3 Å². The lowest BCUT2D eigenvalue weighted by Gasteiger charge is -2.60. The summed E-state index contributed by atoms with van der Waals surface area (Å²) in [6.07, 6.45) is 21.4. The van der Waals surface area contributed by atoms with Crippen LogP contribution in [0.5, 0.6) is 11.5 Å². The van der Waals surface area contributed by atoms with Gasteiger partial charge in [-0.3, -0.25) is 4.90 Å². The van der Waals surface area contributed by atoms with E-state index in [-0.39, 0.29) is 57.1 Å². The number of fused-ring (bicyclic) bond motifs is 3. The number of aliphatic hydroxyl groups is 2. The Labute approximate surface area is 428 Å². The minimum atomic E-state index is -1.51. The summed E-state index contributed by atoms with van der Waals surface area (Å²) in [7, 11) is 0. The highest BCUT2D eigenvalue weighted by atomic mass is 16.8. The van der Waals surface area contributed by atoms with Crippen LogP contribution >= 0.6 is 0 Å². The van der Waals surface area contributed by atoms with Gasteiger partial charge in [0.2, 0.25) is 12.1 Å². The molecule has 1 saturated heterocycles. The first kappa shape index (κ1) is 54.8. The van der Waals surface area contributed by atoms with Gasteiger partial charge in [-0.2, -0.15) is 0 Å². The molecule has 2 fully saturated rings. The zero-order valence-electron chi connectivity index (χ0n) is 43.2. The molecule has 4 aliphatic rings. The maximum absolute atomic E-state index is 15.3. The molecule has 0 spiro atoms. The van der Waals surface area contributed by atoms with Gasteiger partial charge in [0.25, 0.3) is 0 Å². The van der Waals surface area contributed by atoms with Crippen LogP contribution in [0.2, 0.25) is 0 Å². The smallest absolute Gasteiger partial charge is 0.412 e. The largest absolute Gasteiger partial charge is 0.459 e. The molecule has 2 aliphatic heterocycles. The normalized spacial score (nSPS) is 23.8. The predicted molar refractivity (Wildman–Crippen MR) is 282 cm³/mol. The van der Waals surface area contributed by atoms with Crippen molar-refractivity contribution in [3.05, 3.63) is 96.1 Å². The number of carbonyl (C=O) groups excluding carboxylic acids is 2. The number of hydrogen-bond donors (Lipinski definition) is 3. The minimum absolute atomic E-state index is 0.0181. The lowest BCUT2D eigenvalue weighted by molar-refractivity contribution is -0.256. The van der Waals surface area contributed by atoms with Crippen LogP contribution < -0.4 is 14.8 Å². The molecule has 1 saturated carbocycles. The van der Waals surface area contributed by atoms with Crippen LogP contribution in [0.1, 0.15) is 159 Å². The fourth-order valence-corrected chi connectivity index (χ4v) is 11.7. The van der Waals surface area contributed by atoms with Crippen molar-refractivity contribution in [1.29, 1.82) is 0 Å². The second kappa shape index (κ2) is 28.5. The summed E-state index contributed by atoms with van der Waals surface area (Å²) in [6, 6.07) is 19.1. The second-order valence-corrected chi connectivity index (χ2v) is 20.2. The van der Waals surface area contributed by atoms with Crippen LogP contribution in [-0.2, 0) is 25.6 Å². The van der Waals surface area contributed by atoms with Crippen LogP contribution in [0, 0.1) is 17.8 Å². The van der Waals surface area contributed by atoms with E-state index in [2.05, 4.69) is 49.2 Å². The molecule has 72 heavy (non-hydrogen) atoms. The van der Waals surface area contributed by atoms with Gasteiger partial charge < -0.3 is 44.1 Å². The van der Waals surface area contributed by atoms with Crippen LogP contribution in [0.3, 0.4) is 0 Å².